The van der Waals surface area contributed by atoms with Crippen LogP contribution in [0.3, 0.4) is 0 Å². The van der Waals surface area contributed by atoms with Crippen LogP contribution < -0.4 is 5.32 Å². The van der Waals surface area contributed by atoms with E-state index in [2.05, 4.69) is 10.3 Å². The molecule has 0 saturated heterocycles. The zero-order valence-corrected chi connectivity index (χ0v) is 11.9. The van der Waals surface area contributed by atoms with Crippen molar-refractivity contribution in [2.24, 2.45) is 5.92 Å². The minimum absolute atomic E-state index is 0.147. The number of pyridine rings is 1. The number of hydrogen-bond donors (Lipinski definition) is 2. The number of aromatic nitrogens is 1. The molecule has 1 saturated carbocycles. The van der Waals surface area contributed by atoms with Crippen molar-refractivity contribution in [1.29, 1.82) is 0 Å². The first-order chi connectivity index (χ1) is 9.78. The molecule has 0 bridgehead atoms. The fourth-order valence-electron chi connectivity index (χ4n) is 2.77. The van der Waals surface area contributed by atoms with Crippen molar-refractivity contribution in [3.8, 4) is 0 Å². The summed E-state index contributed by atoms with van der Waals surface area (Å²) >= 11 is 0. The lowest BCUT2D eigenvalue weighted by atomic mass is 9.86. The maximum Gasteiger partial charge on any atom is 0.220 e. The molecule has 2 rings (SSSR count). The normalized spacial score (nSPS) is 22.4. The molecule has 1 aliphatic rings. The van der Waals surface area contributed by atoms with E-state index in [9.17, 15) is 4.79 Å². The Labute approximate surface area is 120 Å². The Bertz CT molecular complexity index is 400. The predicted molar refractivity (Wildman–Crippen MR) is 78.1 cm³/mol. The van der Waals surface area contributed by atoms with Crippen LogP contribution in [0.2, 0.25) is 0 Å². The predicted octanol–water partition coefficient (Wildman–Crippen LogP) is 2.07. The van der Waals surface area contributed by atoms with Crippen LogP contribution in [0.1, 0.15) is 44.2 Å². The summed E-state index contributed by atoms with van der Waals surface area (Å²) in [4.78, 5) is 16.1. The fraction of sp³-hybridized carbons (Fsp3) is 0.625. The number of aliphatic hydroxyl groups excluding tert-OH is 1. The van der Waals surface area contributed by atoms with E-state index in [1.807, 2.05) is 18.2 Å². The van der Waals surface area contributed by atoms with E-state index in [0.717, 1.165) is 44.2 Å². The summed E-state index contributed by atoms with van der Waals surface area (Å²) in [5.41, 5.74) is 1.05. The van der Waals surface area contributed by atoms with Crippen molar-refractivity contribution in [1.82, 2.24) is 10.3 Å². The van der Waals surface area contributed by atoms with Gasteiger partial charge in [0, 0.05) is 31.0 Å². The molecule has 1 heterocycles. The average Bonchev–Trinajstić information content (AvgIpc) is 2.49. The number of carbonyl (C=O) groups excluding carboxylic acids is 1. The van der Waals surface area contributed by atoms with Gasteiger partial charge in [0.15, 0.2) is 0 Å². The van der Waals surface area contributed by atoms with Gasteiger partial charge in [-0.05, 0) is 56.6 Å². The Balaban J connectivity index is 1.61. The minimum atomic E-state index is 0.147. The number of hydrogen-bond acceptors (Lipinski definition) is 3. The van der Waals surface area contributed by atoms with E-state index in [1.54, 1.807) is 6.20 Å². The molecule has 0 aliphatic heterocycles. The third-order valence-corrected chi connectivity index (χ3v) is 4.03. The van der Waals surface area contributed by atoms with Crippen molar-refractivity contribution in [3.05, 3.63) is 30.1 Å². The number of carbonyl (C=O) groups is 1. The zero-order valence-electron chi connectivity index (χ0n) is 11.9. The SMILES string of the molecule is O=C(CCCc1ccccn1)NC1CCC(CO)CC1. The first-order valence-corrected chi connectivity index (χ1v) is 7.58. The highest BCUT2D eigenvalue weighted by Crippen LogP contribution is 2.23. The number of amides is 1. The van der Waals surface area contributed by atoms with Crippen LogP contribution >= 0.6 is 0 Å². The standard InChI is InChI=1S/C16H24N2O2/c19-12-13-7-9-15(10-8-13)18-16(20)6-3-5-14-4-1-2-11-17-14/h1-2,4,11,13,15,19H,3,5-10,12H2,(H,18,20). The summed E-state index contributed by atoms with van der Waals surface area (Å²) in [6, 6.07) is 6.18. The molecule has 0 atom stereocenters. The van der Waals surface area contributed by atoms with E-state index in [-0.39, 0.29) is 12.5 Å². The van der Waals surface area contributed by atoms with Gasteiger partial charge in [0.2, 0.25) is 5.91 Å². The van der Waals surface area contributed by atoms with Crippen LogP contribution in [0.5, 0.6) is 0 Å². The maximum atomic E-state index is 11.9. The van der Waals surface area contributed by atoms with E-state index in [1.165, 1.54) is 0 Å². The third kappa shape index (κ3) is 4.93. The van der Waals surface area contributed by atoms with E-state index in [4.69, 9.17) is 5.11 Å². The molecule has 1 amide bonds. The van der Waals surface area contributed by atoms with Gasteiger partial charge in [0.05, 0.1) is 0 Å². The average molecular weight is 276 g/mol. The summed E-state index contributed by atoms with van der Waals surface area (Å²) in [5.74, 6) is 0.584. The molecule has 2 N–H and O–H groups in total. The van der Waals surface area contributed by atoms with E-state index in [0.29, 0.717) is 18.4 Å². The monoisotopic (exact) mass is 276 g/mol. The molecule has 0 unspecified atom stereocenters. The number of nitrogens with one attached hydrogen (secondary N) is 1. The molecule has 20 heavy (non-hydrogen) atoms. The van der Waals surface area contributed by atoms with Gasteiger partial charge in [0.25, 0.3) is 0 Å². The molecule has 0 aromatic carbocycles. The Morgan fingerprint density at radius 2 is 2.10 bits per heavy atom. The lowest BCUT2D eigenvalue weighted by Crippen LogP contribution is -2.38. The Morgan fingerprint density at radius 1 is 1.30 bits per heavy atom. The number of nitrogens with zero attached hydrogens (tertiary/aromatic N) is 1. The molecular weight excluding hydrogens is 252 g/mol. The number of aliphatic hydroxyl groups is 1. The Hall–Kier alpha value is -1.42. The summed E-state index contributed by atoms with van der Waals surface area (Å²) in [5, 5.41) is 12.2. The maximum absolute atomic E-state index is 11.9. The van der Waals surface area contributed by atoms with Crippen LogP contribution in [0.4, 0.5) is 0 Å². The molecule has 0 radical (unpaired) electrons. The Morgan fingerprint density at radius 3 is 2.75 bits per heavy atom. The van der Waals surface area contributed by atoms with Gasteiger partial charge in [-0.2, -0.15) is 0 Å². The van der Waals surface area contributed by atoms with Gasteiger partial charge in [-0.3, -0.25) is 9.78 Å². The van der Waals surface area contributed by atoms with Crippen molar-refractivity contribution in [3.63, 3.8) is 0 Å². The first kappa shape index (κ1) is 15.0. The van der Waals surface area contributed by atoms with Crippen molar-refractivity contribution >= 4 is 5.91 Å². The highest BCUT2D eigenvalue weighted by atomic mass is 16.3. The molecule has 1 aromatic rings. The van der Waals surface area contributed by atoms with Crippen molar-refractivity contribution < 1.29 is 9.90 Å². The minimum Gasteiger partial charge on any atom is -0.396 e. The van der Waals surface area contributed by atoms with Crippen LogP contribution in [-0.2, 0) is 11.2 Å². The highest BCUT2D eigenvalue weighted by Gasteiger charge is 2.21. The van der Waals surface area contributed by atoms with Crippen LogP contribution in [-0.4, -0.2) is 28.6 Å². The second-order valence-corrected chi connectivity index (χ2v) is 5.64. The lowest BCUT2D eigenvalue weighted by molar-refractivity contribution is -0.122. The van der Waals surface area contributed by atoms with Crippen LogP contribution in [0.15, 0.2) is 24.4 Å². The van der Waals surface area contributed by atoms with Gasteiger partial charge in [-0.15, -0.1) is 0 Å². The fourth-order valence-corrected chi connectivity index (χ4v) is 2.77. The number of rotatable bonds is 6. The van der Waals surface area contributed by atoms with Crippen molar-refractivity contribution in [2.45, 2.75) is 51.0 Å². The molecule has 110 valence electrons. The van der Waals surface area contributed by atoms with Gasteiger partial charge >= 0.3 is 0 Å². The molecule has 0 spiro atoms. The van der Waals surface area contributed by atoms with Gasteiger partial charge in [0.1, 0.15) is 0 Å². The summed E-state index contributed by atoms with van der Waals surface area (Å²) in [6.07, 6.45) is 8.09. The summed E-state index contributed by atoms with van der Waals surface area (Å²) in [7, 11) is 0. The highest BCUT2D eigenvalue weighted by molar-refractivity contribution is 5.76. The largest absolute Gasteiger partial charge is 0.396 e. The van der Waals surface area contributed by atoms with E-state index < -0.39 is 0 Å². The topological polar surface area (TPSA) is 62.2 Å². The second-order valence-electron chi connectivity index (χ2n) is 5.64. The van der Waals surface area contributed by atoms with Crippen LogP contribution in [0, 0.1) is 5.92 Å². The molecule has 4 nitrogen and oxygen atoms in total. The van der Waals surface area contributed by atoms with Crippen LogP contribution in [0.25, 0.3) is 0 Å². The van der Waals surface area contributed by atoms with Gasteiger partial charge in [-0.1, -0.05) is 6.07 Å². The van der Waals surface area contributed by atoms with E-state index >= 15 is 0 Å². The molecule has 1 aliphatic carbocycles. The van der Waals surface area contributed by atoms with Gasteiger partial charge in [-0.25, -0.2) is 0 Å². The molecule has 1 aromatic heterocycles. The summed E-state index contributed by atoms with van der Waals surface area (Å²) < 4.78 is 0. The molecular formula is C16H24N2O2. The first-order valence-electron chi connectivity index (χ1n) is 7.58. The van der Waals surface area contributed by atoms with Crippen molar-refractivity contribution in [2.75, 3.05) is 6.61 Å². The zero-order chi connectivity index (χ0) is 14.2. The Kier molecular flexibility index (Phi) is 5.99. The molecule has 1 fully saturated rings. The molecule has 4 heteroatoms. The third-order valence-electron chi connectivity index (χ3n) is 4.03. The van der Waals surface area contributed by atoms with Gasteiger partial charge < -0.3 is 10.4 Å². The number of aryl methyl sites for hydroxylation is 1. The lowest BCUT2D eigenvalue weighted by Gasteiger charge is -2.27. The smallest absolute Gasteiger partial charge is 0.220 e. The second kappa shape index (κ2) is 8.00. The quantitative estimate of drug-likeness (QED) is 0.836. The summed E-state index contributed by atoms with van der Waals surface area (Å²) in [6.45, 7) is 0.282.